The van der Waals surface area contributed by atoms with Crippen molar-refractivity contribution in [1.29, 1.82) is 0 Å². The van der Waals surface area contributed by atoms with Crippen LogP contribution in [0.2, 0.25) is 0 Å². The maximum absolute atomic E-state index is 12.3. The summed E-state index contributed by atoms with van der Waals surface area (Å²) in [4.78, 5) is 0. The molecule has 1 aliphatic carbocycles. The van der Waals surface area contributed by atoms with Crippen LogP contribution in [0.5, 0.6) is 0 Å². The van der Waals surface area contributed by atoms with Crippen LogP contribution in [0, 0.1) is 0 Å². The van der Waals surface area contributed by atoms with Gasteiger partial charge in [0.05, 0.1) is 23.9 Å². The zero-order chi connectivity index (χ0) is 11.8. The van der Waals surface area contributed by atoms with Crippen molar-refractivity contribution in [2.75, 3.05) is 0 Å². The summed E-state index contributed by atoms with van der Waals surface area (Å²) in [5.41, 5.74) is -0.759. The SMILES string of the molecule is O[C@H]1CCCC[C@@H]1n1cc(C(F)(F)F)cn1. The van der Waals surface area contributed by atoms with Crippen LogP contribution in [0.25, 0.3) is 0 Å². The summed E-state index contributed by atoms with van der Waals surface area (Å²) in [7, 11) is 0. The lowest BCUT2D eigenvalue weighted by Gasteiger charge is -2.27. The molecule has 2 rings (SSSR count). The van der Waals surface area contributed by atoms with Gasteiger partial charge in [-0.25, -0.2) is 0 Å². The molecule has 0 bridgehead atoms. The third-order valence-corrected chi connectivity index (χ3v) is 2.96. The Hall–Kier alpha value is -1.04. The van der Waals surface area contributed by atoms with Crippen LogP contribution in [0.4, 0.5) is 13.2 Å². The summed E-state index contributed by atoms with van der Waals surface area (Å²) in [6.45, 7) is 0. The lowest BCUT2D eigenvalue weighted by Crippen LogP contribution is -2.27. The van der Waals surface area contributed by atoms with E-state index in [2.05, 4.69) is 5.10 Å². The standard InChI is InChI=1S/C10H13F3N2O/c11-10(12,13)7-5-14-15(6-7)8-3-1-2-4-9(8)16/h5-6,8-9,16H,1-4H2/t8-,9-/m0/s1. The molecule has 1 N–H and O–H groups in total. The Morgan fingerprint density at radius 2 is 2.00 bits per heavy atom. The van der Waals surface area contributed by atoms with E-state index in [-0.39, 0.29) is 6.04 Å². The van der Waals surface area contributed by atoms with Crippen LogP contribution in [0.3, 0.4) is 0 Å². The van der Waals surface area contributed by atoms with Crippen molar-refractivity contribution >= 4 is 0 Å². The van der Waals surface area contributed by atoms with E-state index in [0.29, 0.717) is 12.8 Å². The van der Waals surface area contributed by atoms with Crippen LogP contribution in [0.1, 0.15) is 37.3 Å². The van der Waals surface area contributed by atoms with Gasteiger partial charge in [0.2, 0.25) is 0 Å². The highest BCUT2D eigenvalue weighted by molar-refractivity contribution is 5.09. The second-order valence-electron chi connectivity index (χ2n) is 4.13. The normalized spacial score (nSPS) is 27.0. The summed E-state index contributed by atoms with van der Waals surface area (Å²) >= 11 is 0. The molecule has 3 nitrogen and oxygen atoms in total. The number of aromatic nitrogens is 2. The van der Waals surface area contributed by atoms with E-state index in [9.17, 15) is 18.3 Å². The van der Waals surface area contributed by atoms with Gasteiger partial charge in [0.25, 0.3) is 0 Å². The molecular formula is C10H13F3N2O. The van der Waals surface area contributed by atoms with E-state index < -0.39 is 17.8 Å². The van der Waals surface area contributed by atoms with Crippen LogP contribution >= 0.6 is 0 Å². The van der Waals surface area contributed by atoms with Crippen LogP contribution in [0.15, 0.2) is 12.4 Å². The minimum atomic E-state index is -4.36. The largest absolute Gasteiger partial charge is 0.419 e. The van der Waals surface area contributed by atoms with Crippen LogP contribution in [-0.2, 0) is 6.18 Å². The second kappa shape index (κ2) is 4.08. The van der Waals surface area contributed by atoms with Gasteiger partial charge in [-0.15, -0.1) is 0 Å². The molecule has 2 atom stereocenters. The number of aliphatic hydroxyl groups excluding tert-OH is 1. The van der Waals surface area contributed by atoms with Crippen LogP contribution < -0.4 is 0 Å². The summed E-state index contributed by atoms with van der Waals surface area (Å²) in [6.07, 6.45) is -0.0203. The maximum Gasteiger partial charge on any atom is 0.419 e. The monoisotopic (exact) mass is 234 g/mol. The van der Waals surface area contributed by atoms with Gasteiger partial charge >= 0.3 is 6.18 Å². The lowest BCUT2D eigenvalue weighted by molar-refractivity contribution is -0.137. The molecule has 1 aromatic heterocycles. The number of aliphatic hydroxyl groups is 1. The number of nitrogens with zero attached hydrogens (tertiary/aromatic N) is 2. The van der Waals surface area contributed by atoms with Gasteiger partial charge in [-0.05, 0) is 12.8 Å². The topological polar surface area (TPSA) is 38.0 Å². The van der Waals surface area contributed by atoms with E-state index in [0.717, 1.165) is 25.2 Å². The van der Waals surface area contributed by atoms with Crippen LogP contribution in [-0.4, -0.2) is 21.0 Å². The summed E-state index contributed by atoms with van der Waals surface area (Å²) in [5, 5.41) is 13.4. The number of hydrogen-bond acceptors (Lipinski definition) is 2. The van der Waals surface area contributed by atoms with E-state index in [1.54, 1.807) is 0 Å². The predicted molar refractivity (Wildman–Crippen MR) is 50.7 cm³/mol. The molecule has 90 valence electrons. The fourth-order valence-corrected chi connectivity index (χ4v) is 2.07. The van der Waals surface area contributed by atoms with E-state index >= 15 is 0 Å². The Morgan fingerprint density at radius 3 is 2.56 bits per heavy atom. The van der Waals surface area contributed by atoms with Crippen molar-refractivity contribution in [3.8, 4) is 0 Å². The van der Waals surface area contributed by atoms with E-state index in [1.807, 2.05) is 0 Å². The Kier molecular flexibility index (Phi) is 2.92. The van der Waals surface area contributed by atoms with Gasteiger partial charge in [-0.3, -0.25) is 4.68 Å². The average Bonchev–Trinajstić information content (AvgIpc) is 2.66. The first kappa shape index (κ1) is 11.4. The molecule has 1 heterocycles. The maximum atomic E-state index is 12.3. The molecule has 1 fully saturated rings. The van der Waals surface area contributed by atoms with Gasteiger partial charge in [0, 0.05) is 6.20 Å². The van der Waals surface area contributed by atoms with Gasteiger partial charge in [-0.2, -0.15) is 18.3 Å². The highest BCUT2D eigenvalue weighted by Crippen LogP contribution is 2.32. The number of rotatable bonds is 1. The number of halogens is 3. The van der Waals surface area contributed by atoms with Gasteiger partial charge in [-0.1, -0.05) is 12.8 Å². The Morgan fingerprint density at radius 1 is 1.31 bits per heavy atom. The predicted octanol–water partition coefficient (Wildman–Crippen LogP) is 2.38. The molecule has 6 heteroatoms. The highest BCUT2D eigenvalue weighted by Gasteiger charge is 2.34. The summed E-state index contributed by atoms with van der Waals surface area (Å²) in [6, 6.07) is -0.315. The first-order valence-electron chi connectivity index (χ1n) is 5.28. The zero-order valence-corrected chi connectivity index (χ0v) is 8.61. The van der Waals surface area contributed by atoms with Crippen molar-refractivity contribution < 1.29 is 18.3 Å². The molecule has 0 unspecified atom stereocenters. The molecule has 0 saturated heterocycles. The van der Waals surface area contributed by atoms with Crippen molar-refractivity contribution in [2.24, 2.45) is 0 Å². The number of alkyl halides is 3. The fraction of sp³-hybridized carbons (Fsp3) is 0.700. The minimum absolute atomic E-state index is 0.315. The Bertz CT molecular complexity index is 361. The molecule has 0 amide bonds. The third kappa shape index (κ3) is 2.21. The first-order valence-corrected chi connectivity index (χ1v) is 5.28. The minimum Gasteiger partial charge on any atom is -0.391 e. The smallest absolute Gasteiger partial charge is 0.391 e. The molecule has 0 spiro atoms. The Labute approximate surface area is 90.9 Å². The molecule has 0 aromatic carbocycles. The van der Waals surface area contributed by atoms with Crippen molar-refractivity contribution in [3.63, 3.8) is 0 Å². The summed E-state index contributed by atoms with van der Waals surface area (Å²) < 4.78 is 38.3. The molecule has 0 aliphatic heterocycles. The van der Waals surface area contributed by atoms with E-state index in [4.69, 9.17) is 0 Å². The van der Waals surface area contributed by atoms with Crippen molar-refractivity contribution in [1.82, 2.24) is 9.78 Å². The molecule has 1 aromatic rings. The molecule has 1 aliphatic rings. The fourth-order valence-electron chi connectivity index (χ4n) is 2.07. The Balaban J connectivity index is 2.18. The quantitative estimate of drug-likeness (QED) is 0.810. The van der Waals surface area contributed by atoms with Crippen molar-refractivity contribution in [2.45, 2.75) is 44.0 Å². The van der Waals surface area contributed by atoms with Gasteiger partial charge in [0.15, 0.2) is 0 Å². The average molecular weight is 234 g/mol. The van der Waals surface area contributed by atoms with E-state index in [1.165, 1.54) is 4.68 Å². The zero-order valence-electron chi connectivity index (χ0n) is 8.61. The van der Waals surface area contributed by atoms with Crippen molar-refractivity contribution in [3.05, 3.63) is 18.0 Å². The third-order valence-electron chi connectivity index (χ3n) is 2.96. The summed E-state index contributed by atoms with van der Waals surface area (Å²) in [5.74, 6) is 0. The number of hydrogen-bond donors (Lipinski definition) is 1. The second-order valence-corrected chi connectivity index (χ2v) is 4.13. The van der Waals surface area contributed by atoms with Gasteiger partial charge < -0.3 is 5.11 Å². The van der Waals surface area contributed by atoms with Gasteiger partial charge in [0.1, 0.15) is 0 Å². The highest BCUT2D eigenvalue weighted by atomic mass is 19.4. The molecule has 0 radical (unpaired) electrons. The first-order chi connectivity index (χ1) is 7.48. The molecular weight excluding hydrogens is 221 g/mol. The molecule has 16 heavy (non-hydrogen) atoms. The molecule has 1 saturated carbocycles. The lowest BCUT2D eigenvalue weighted by atomic mass is 9.93.